The van der Waals surface area contributed by atoms with Crippen LogP contribution in [-0.2, 0) is 0 Å². The minimum absolute atomic E-state index is 0.0726. The summed E-state index contributed by atoms with van der Waals surface area (Å²) in [6.45, 7) is 2.10. The van der Waals surface area contributed by atoms with Gasteiger partial charge in [-0.15, -0.1) is 0 Å². The van der Waals surface area contributed by atoms with Gasteiger partial charge in [0.1, 0.15) is 0 Å². The van der Waals surface area contributed by atoms with Crippen LogP contribution in [0.2, 0.25) is 0 Å². The van der Waals surface area contributed by atoms with E-state index in [0.29, 0.717) is 32.4 Å². The first-order valence-corrected chi connectivity index (χ1v) is 5.88. The van der Waals surface area contributed by atoms with Crippen LogP contribution in [0.3, 0.4) is 0 Å². The van der Waals surface area contributed by atoms with Gasteiger partial charge in [0.2, 0.25) is 0 Å². The Morgan fingerprint density at radius 1 is 1.35 bits per heavy atom. The van der Waals surface area contributed by atoms with E-state index in [2.05, 4.69) is 0 Å². The standard InChI is InChI=1S/C11H21NO5/c1-8(14)9(15)11(4-7-13)2-5-12(6-3-11)10(16)17/h8-9,13-15H,2-7H2,1H3,(H,16,17)/t8-,9?/m0/s1. The van der Waals surface area contributed by atoms with Crippen LogP contribution in [0.5, 0.6) is 0 Å². The monoisotopic (exact) mass is 247 g/mol. The number of carboxylic acid groups (broad SMARTS) is 1. The van der Waals surface area contributed by atoms with Gasteiger partial charge in [0.15, 0.2) is 0 Å². The SMILES string of the molecule is C[C@H](O)C(O)C1(CCO)CCN(C(=O)O)CC1. The van der Waals surface area contributed by atoms with Crippen molar-refractivity contribution in [1.82, 2.24) is 4.90 Å². The molecular weight excluding hydrogens is 226 g/mol. The Balaban J connectivity index is 2.72. The summed E-state index contributed by atoms with van der Waals surface area (Å²) < 4.78 is 0. The Hall–Kier alpha value is -0.850. The molecule has 1 amide bonds. The maximum atomic E-state index is 10.8. The molecule has 4 N–H and O–H groups in total. The average Bonchev–Trinajstić information content (AvgIpc) is 2.28. The van der Waals surface area contributed by atoms with Crippen LogP contribution in [-0.4, -0.2) is 63.3 Å². The molecule has 0 saturated carbocycles. The largest absolute Gasteiger partial charge is 0.465 e. The number of aliphatic hydroxyl groups is 3. The van der Waals surface area contributed by atoms with E-state index in [-0.39, 0.29) is 6.61 Å². The molecule has 6 heteroatoms. The van der Waals surface area contributed by atoms with Crippen molar-refractivity contribution < 1.29 is 25.2 Å². The van der Waals surface area contributed by atoms with Crippen LogP contribution in [0, 0.1) is 5.41 Å². The molecule has 6 nitrogen and oxygen atoms in total. The fourth-order valence-corrected chi connectivity index (χ4v) is 2.57. The number of hydrogen-bond donors (Lipinski definition) is 4. The van der Waals surface area contributed by atoms with Gasteiger partial charge in [-0.2, -0.15) is 0 Å². The number of amides is 1. The third-order valence-corrected chi connectivity index (χ3v) is 3.72. The predicted molar refractivity (Wildman–Crippen MR) is 60.7 cm³/mol. The number of likely N-dealkylation sites (tertiary alicyclic amines) is 1. The third kappa shape index (κ3) is 3.08. The molecule has 0 spiro atoms. The average molecular weight is 247 g/mol. The molecule has 0 aromatic carbocycles. The van der Waals surface area contributed by atoms with E-state index in [1.54, 1.807) is 0 Å². The molecule has 100 valence electrons. The van der Waals surface area contributed by atoms with Crippen molar-refractivity contribution in [3.05, 3.63) is 0 Å². The van der Waals surface area contributed by atoms with Gasteiger partial charge in [-0.1, -0.05) is 0 Å². The Morgan fingerprint density at radius 3 is 2.24 bits per heavy atom. The van der Waals surface area contributed by atoms with Crippen LogP contribution in [0.4, 0.5) is 4.79 Å². The van der Waals surface area contributed by atoms with Crippen molar-refractivity contribution in [2.45, 2.75) is 38.4 Å². The number of carbonyl (C=O) groups is 1. The predicted octanol–water partition coefficient (Wildman–Crippen LogP) is -0.129. The van der Waals surface area contributed by atoms with E-state index in [0.717, 1.165) is 0 Å². The molecule has 1 aliphatic rings. The lowest BCUT2D eigenvalue weighted by molar-refractivity contribution is -0.0906. The molecule has 0 bridgehead atoms. The number of rotatable bonds is 4. The van der Waals surface area contributed by atoms with E-state index in [1.165, 1.54) is 11.8 Å². The van der Waals surface area contributed by atoms with Gasteiger partial charge in [0, 0.05) is 25.1 Å². The fraction of sp³-hybridized carbons (Fsp3) is 0.909. The minimum atomic E-state index is -0.964. The summed E-state index contributed by atoms with van der Waals surface area (Å²) in [6.07, 6.45) is -1.46. The quantitative estimate of drug-likeness (QED) is 0.554. The highest BCUT2D eigenvalue weighted by atomic mass is 16.4. The van der Waals surface area contributed by atoms with E-state index in [4.69, 9.17) is 10.2 Å². The molecule has 1 aliphatic heterocycles. The molecular formula is C11H21NO5. The first-order chi connectivity index (χ1) is 7.93. The topological polar surface area (TPSA) is 101 Å². The van der Waals surface area contributed by atoms with Gasteiger partial charge in [0.25, 0.3) is 0 Å². The summed E-state index contributed by atoms with van der Waals surface area (Å²) >= 11 is 0. The summed E-state index contributed by atoms with van der Waals surface area (Å²) in [7, 11) is 0. The Labute approximate surface area is 100 Å². The molecule has 0 aromatic heterocycles. The molecule has 0 radical (unpaired) electrons. The maximum Gasteiger partial charge on any atom is 0.407 e. The number of piperidine rings is 1. The smallest absolute Gasteiger partial charge is 0.407 e. The lowest BCUT2D eigenvalue weighted by atomic mass is 9.70. The van der Waals surface area contributed by atoms with Crippen molar-refractivity contribution >= 4 is 6.09 Å². The normalized spacial score (nSPS) is 23.2. The minimum Gasteiger partial charge on any atom is -0.465 e. The molecule has 1 unspecified atom stereocenters. The Bertz CT molecular complexity index is 261. The highest BCUT2D eigenvalue weighted by molar-refractivity contribution is 5.65. The zero-order chi connectivity index (χ0) is 13.1. The van der Waals surface area contributed by atoms with E-state index in [9.17, 15) is 15.0 Å². The Morgan fingerprint density at radius 2 is 1.88 bits per heavy atom. The first-order valence-electron chi connectivity index (χ1n) is 5.88. The summed E-state index contributed by atoms with van der Waals surface area (Å²) in [5.41, 5.74) is -0.575. The van der Waals surface area contributed by atoms with Gasteiger partial charge in [-0.05, 0) is 26.2 Å². The van der Waals surface area contributed by atoms with Gasteiger partial charge in [0.05, 0.1) is 12.2 Å². The number of aliphatic hydroxyl groups excluding tert-OH is 3. The third-order valence-electron chi connectivity index (χ3n) is 3.72. The number of nitrogens with zero attached hydrogens (tertiary/aromatic N) is 1. The first kappa shape index (κ1) is 14.2. The van der Waals surface area contributed by atoms with Crippen molar-refractivity contribution in [2.75, 3.05) is 19.7 Å². The van der Waals surface area contributed by atoms with Crippen LogP contribution in [0.25, 0.3) is 0 Å². The van der Waals surface area contributed by atoms with Crippen molar-refractivity contribution in [3.63, 3.8) is 0 Å². The Kier molecular flexibility index (Phi) is 4.73. The molecule has 2 atom stereocenters. The van der Waals surface area contributed by atoms with Crippen LogP contribution < -0.4 is 0 Å². The van der Waals surface area contributed by atoms with Crippen molar-refractivity contribution in [3.8, 4) is 0 Å². The molecule has 0 aromatic rings. The van der Waals surface area contributed by atoms with Crippen LogP contribution >= 0.6 is 0 Å². The molecule has 17 heavy (non-hydrogen) atoms. The van der Waals surface area contributed by atoms with E-state index >= 15 is 0 Å². The fourth-order valence-electron chi connectivity index (χ4n) is 2.57. The maximum absolute atomic E-state index is 10.8. The van der Waals surface area contributed by atoms with E-state index < -0.39 is 23.7 Å². The second kappa shape index (κ2) is 5.66. The molecule has 1 saturated heterocycles. The summed E-state index contributed by atoms with van der Waals surface area (Å²) in [4.78, 5) is 12.1. The van der Waals surface area contributed by atoms with Crippen LogP contribution in [0.1, 0.15) is 26.2 Å². The number of hydrogen-bond acceptors (Lipinski definition) is 4. The summed E-state index contributed by atoms with van der Waals surface area (Å²) in [5, 5.41) is 37.4. The summed E-state index contributed by atoms with van der Waals surface area (Å²) in [5.74, 6) is 0. The molecule has 1 heterocycles. The molecule has 1 rings (SSSR count). The van der Waals surface area contributed by atoms with Gasteiger partial charge in [-0.3, -0.25) is 0 Å². The highest BCUT2D eigenvalue weighted by Gasteiger charge is 2.43. The van der Waals surface area contributed by atoms with Gasteiger partial charge >= 0.3 is 6.09 Å². The second-order valence-corrected chi connectivity index (χ2v) is 4.79. The molecule has 0 aliphatic carbocycles. The van der Waals surface area contributed by atoms with E-state index in [1.807, 2.05) is 0 Å². The lowest BCUT2D eigenvalue weighted by Gasteiger charge is -2.44. The lowest BCUT2D eigenvalue weighted by Crippen LogP contribution is -2.51. The summed E-state index contributed by atoms with van der Waals surface area (Å²) in [6, 6.07) is 0. The van der Waals surface area contributed by atoms with Gasteiger partial charge in [-0.25, -0.2) is 4.79 Å². The zero-order valence-electron chi connectivity index (χ0n) is 10.0. The zero-order valence-corrected chi connectivity index (χ0v) is 10.0. The highest BCUT2D eigenvalue weighted by Crippen LogP contribution is 2.39. The van der Waals surface area contributed by atoms with Crippen molar-refractivity contribution in [1.29, 1.82) is 0 Å². The molecule has 1 fully saturated rings. The van der Waals surface area contributed by atoms with Crippen molar-refractivity contribution in [2.24, 2.45) is 5.41 Å². The van der Waals surface area contributed by atoms with Gasteiger partial charge < -0.3 is 25.3 Å². The second-order valence-electron chi connectivity index (χ2n) is 4.79. The van der Waals surface area contributed by atoms with Crippen LogP contribution in [0.15, 0.2) is 0 Å².